The number of halogens is 9. The maximum Gasteiger partial charge on any atom is 0.416 e. The van der Waals surface area contributed by atoms with Gasteiger partial charge in [-0.15, -0.1) is 0 Å². The lowest BCUT2D eigenvalue weighted by molar-refractivity contribution is -0.143. The zero-order chi connectivity index (χ0) is 28.5. The van der Waals surface area contributed by atoms with Gasteiger partial charge in [0.25, 0.3) is 0 Å². The fraction of sp³-hybridized carbons (Fsp3) is 0.174. The first-order valence-electron chi connectivity index (χ1n) is 10.3. The van der Waals surface area contributed by atoms with Gasteiger partial charge in [-0.1, -0.05) is 29.3 Å². The fourth-order valence-corrected chi connectivity index (χ4v) is 4.94. The van der Waals surface area contributed by atoms with Crippen LogP contribution in [0.15, 0.2) is 65.6 Å². The van der Waals surface area contributed by atoms with E-state index in [-0.39, 0.29) is 38.7 Å². The number of carbonyl (C=O) groups excluding carboxylic acids is 1. The SMILES string of the molecule is O=C(CN(Cc1c(F)cccc1Cl)S(=O)(=O)c1ccc(Cl)cc1)Nc1cc(C(F)(F)F)cc(C(F)(F)F)c1. The Morgan fingerprint density at radius 2 is 1.42 bits per heavy atom. The monoisotopic (exact) mass is 602 g/mol. The maximum atomic E-state index is 14.4. The van der Waals surface area contributed by atoms with E-state index in [2.05, 4.69) is 0 Å². The van der Waals surface area contributed by atoms with Crippen LogP contribution in [-0.2, 0) is 33.7 Å². The Kier molecular flexibility index (Phi) is 8.66. The molecule has 0 unspecified atom stereocenters. The first-order chi connectivity index (χ1) is 17.5. The van der Waals surface area contributed by atoms with Gasteiger partial charge in [-0.05, 0) is 54.6 Å². The van der Waals surface area contributed by atoms with Crippen LogP contribution in [0.3, 0.4) is 0 Å². The van der Waals surface area contributed by atoms with Crippen molar-refractivity contribution in [3.63, 3.8) is 0 Å². The average molecular weight is 603 g/mol. The first-order valence-corrected chi connectivity index (χ1v) is 12.5. The molecule has 0 aliphatic rings. The molecule has 0 atom stereocenters. The second kappa shape index (κ2) is 11.1. The van der Waals surface area contributed by atoms with E-state index < -0.39 is 64.0 Å². The highest BCUT2D eigenvalue weighted by atomic mass is 35.5. The molecule has 0 fully saturated rings. The van der Waals surface area contributed by atoms with Crippen molar-refractivity contribution >= 4 is 44.8 Å². The van der Waals surface area contributed by atoms with E-state index in [1.807, 2.05) is 5.32 Å². The van der Waals surface area contributed by atoms with Crippen molar-refractivity contribution in [2.75, 3.05) is 11.9 Å². The molecule has 15 heteroatoms. The van der Waals surface area contributed by atoms with Crippen molar-refractivity contribution in [2.24, 2.45) is 0 Å². The zero-order valence-electron chi connectivity index (χ0n) is 18.7. The van der Waals surface area contributed by atoms with Crippen molar-refractivity contribution in [1.29, 1.82) is 0 Å². The van der Waals surface area contributed by atoms with Crippen LogP contribution >= 0.6 is 23.2 Å². The highest BCUT2D eigenvalue weighted by Crippen LogP contribution is 2.37. The Bertz CT molecular complexity index is 1390. The van der Waals surface area contributed by atoms with Gasteiger partial charge in [0.1, 0.15) is 5.82 Å². The van der Waals surface area contributed by atoms with Crippen LogP contribution in [0.2, 0.25) is 10.0 Å². The summed E-state index contributed by atoms with van der Waals surface area (Å²) in [5, 5.41) is 1.84. The number of anilines is 1. The molecule has 0 aromatic heterocycles. The van der Waals surface area contributed by atoms with Crippen LogP contribution in [0.1, 0.15) is 16.7 Å². The topological polar surface area (TPSA) is 66.5 Å². The quantitative estimate of drug-likeness (QED) is 0.296. The molecule has 0 heterocycles. The number of nitrogens with zero attached hydrogens (tertiary/aromatic N) is 1. The summed E-state index contributed by atoms with van der Waals surface area (Å²) in [5.74, 6) is -2.22. The summed E-state index contributed by atoms with van der Waals surface area (Å²) in [6.07, 6.45) is -10.3. The van der Waals surface area contributed by atoms with Crippen LogP contribution in [0.5, 0.6) is 0 Å². The van der Waals surface area contributed by atoms with Crippen LogP contribution in [0.4, 0.5) is 36.4 Å². The van der Waals surface area contributed by atoms with Gasteiger partial charge >= 0.3 is 12.4 Å². The van der Waals surface area contributed by atoms with Crippen molar-refractivity contribution in [2.45, 2.75) is 23.8 Å². The highest BCUT2D eigenvalue weighted by Gasteiger charge is 2.37. The lowest BCUT2D eigenvalue weighted by Gasteiger charge is -2.23. The molecule has 3 aromatic rings. The number of hydrogen-bond acceptors (Lipinski definition) is 3. The second-order valence-electron chi connectivity index (χ2n) is 7.77. The van der Waals surface area contributed by atoms with Gasteiger partial charge in [-0.25, -0.2) is 12.8 Å². The third kappa shape index (κ3) is 7.16. The molecule has 38 heavy (non-hydrogen) atoms. The van der Waals surface area contributed by atoms with Gasteiger partial charge in [0.15, 0.2) is 0 Å². The molecule has 5 nitrogen and oxygen atoms in total. The lowest BCUT2D eigenvalue weighted by atomic mass is 10.1. The summed E-state index contributed by atoms with van der Waals surface area (Å²) in [6, 6.07) is 8.52. The van der Waals surface area contributed by atoms with Gasteiger partial charge in [0.05, 0.1) is 22.6 Å². The number of carbonyl (C=O) groups is 1. The maximum absolute atomic E-state index is 14.4. The van der Waals surface area contributed by atoms with E-state index in [1.165, 1.54) is 24.3 Å². The minimum atomic E-state index is -5.17. The van der Waals surface area contributed by atoms with Crippen molar-refractivity contribution < 1.29 is 43.9 Å². The van der Waals surface area contributed by atoms with E-state index >= 15 is 0 Å². The van der Waals surface area contributed by atoms with E-state index in [9.17, 15) is 43.9 Å². The van der Waals surface area contributed by atoms with E-state index in [0.717, 1.165) is 18.2 Å². The number of benzene rings is 3. The molecule has 1 N–H and O–H groups in total. The number of hydrogen-bond donors (Lipinski definition) is 1. The smallest absolute Gasteiger partial charge is 0.325 e. The highest BCUT2D eigenvalue weighted by molar-refractivity contribution is 7.89. The first kappa shape index (κ1) is 29.7. The Hall–Kier alpha value is -2.87. The van der Waals surface area contributed by atoms with Crippen molar-refractivity contribution in [3.05, 3.63) is 93.2 Å². The molecule has 3 aromatic carbocycles. The summed E-state index contributed by atoms with van der Waals surface area (Å²) in [6.45, 7) is -1.91. The third-order valence-electron chi connectivity index (χ3n) is 5.04. The molecular formula is C23H15Cl2F7N2O3S. The van der Waals surface area contributed by atoms with E-state index in [0.29, 0.717) is 4.31 Å². The summed E-state index contributed by atoms with van der Waals surface area (Å²) >= 11 is 11.8. The molecular weight excluding hydrogens is 588 g/mol. The largest absolute Gasteiger partial charge is 0.416 e. The molecule has 204 valence electrons. The molecule has 0 spiro atoms. The second-order valence-corrected chi connectivity index (χ2v) is 10.6. The number of alkyl halides is 6. The van der Waals surface area contributed by atoms with E-state index in [1.54, 1.807) is 0 Å². The Morgan fingerprint density at radius 3 is 1.92 bits per heavy atom. The lowest BCUT2D eigenvalue weighted by Crippen LogP contribution is -2.38. The van der Waals surface area contributed by atoms with Crippen LogP contribution in [0.25, 0.3) is 0 Å². The normalized spacial score (nSPS) is 12.6. The van der Waals surface area contributed by atoms with E-state index in [4.69, 9.17) is 23.2 Å². The minimum Gasteiger partial charge on any atom is -0.325 e. The summed E-state index contributed by atoms with van der Waals surface area (Å²) in [4.78, 5) is 12.3. The molecule has 0 radical (unpaired) electrons. The molecule has 1 amide bonds. The summed E-state index contributed by atoms with van der Waals surface area (Å²) in [7, 11) is -4.57. The molecule has 0 bridgehead atoms. The fourth-order valence-electron chi connectivity index (χ4n) is 3.23. The summed E-state index contributed by atoms with van der Waals surface area (Å²) in [5.41, 5.74) is -4.58. The van der Waals surface area contributed by atoms with Crippen LogP contribution in [0, 0.1) is 5.82 Å². The summed E-state index contributed by atoms with van der Waals surface area (Å²) < 4.78 is 120. The Morgan fingerprint density at radius 1 is 0.868 bits per heavy atom. The molecule has 3 rings (SSSR count). The molecule has 0 saturated carbocycles. The van der Waals surface area contributed by atoms with Gasteiger partial charge in [0, 0.05) is 27.8 Å². The van der Waals surface area contributed by atoms with Crippen LogP contribution in [-0.4, -0.2) is 25.2 Å². The molecule has 0 aliphatic carbocycles. The Labute approximate surface area is 221 Å². The van der Waals surface area contributed by atoms with Gasteiger partial charge in [-0.2, -0.15) is 30.6 Å². The minimum absolute atomic E-state index is 0.132. The number of rotatable bonds is 7. The number of nitrogens with one attached hydrogen (secondary N) is 1. The van der Waals surface area contributed by atoms with Gasteiger partial charge in [-0.3, -0.25) is 4.79 Å². The number of amides is 1. The van der Waals surface area contributed by atoms with Crippen molar-refractivity contribution in [3.8, 4) is 0 Å². The third-order valence-corrected chi connectivity index (χ3v) is 7.45. The standard InChI is InChI=1S/C23H15Cl2F7N2O3S/c24-15-4-6-17(7-5-15)38(36,37)34(11-18-19(25)2-1-3-20(18)26)12-21(35)33-16-9-13(22(27,28)29)8-14(10-16)23(30,31)32/h1-10H,11-12H2,(H,33,35). The molecule has 0 saturated heterocycles. The van der Waals surface area contributed by atoms with Crippen molar-refractivity contribution in [1.82, 2.24) is 4.31 Å². The predicted octanol–water partition coefficient (Wildman–Crippen LogP) is 7.00. The van der Waals surface area contributed by atoms with Crippen LogP contribution < -0.4 is 5.32 Å². The number of sulfonamides is 1. The average Bonchev–Trinajstić information content (AvgIpc) is 2.79. The van der Waals surface area contributed by atoms with Gasteiger partial charge < -0.3 is 5.32 Å². The predicted molar refractivity (Wildman–Crippen MR) is 126 cm³/mol. The molecule has 0 aliphatic heterocycles. The Balaban J connectivity index is 1.99. The zero-order valence-corrected chi connectivity index (χ0v) is 21.0. The van der Waals surface area contributed by atoms with Gasteiger partial charge in [0.2, 0.25) is 15.9 Å².